The topological polar surface area (TPSA) is 63.0 Å². The van der Waals surface area contributed by atoms with Crippen molar-refractivity contribution in [2.75, 3.05) is 0 Å². The molecule has 0 unspecified atom stereocenters. The van der Waals surface area contributed by atoms with Gasteiger partial charge in [0, 0.05) is 0 Å². The monoisotopic (exact) mass is 386 g/mol. The molecule has 0 aromatic rings. The first kappa shape index (κ1) is 32.3. The van der Waals surface area contributed by atoms with Gasteiger partial charge in [-0.2, -0.15) is 0 Å². The Morgan fingerprint density at radius 1 is 0.750 bits per heavy atom. The number of hydrogen-bond acceptors (Lipinski definition) is 0. The molecule has 0 amide bonds. The van der Waals surface area contributed by atoms with Gasteiger partial charge < -0.3 is 11.0 Å². The average molecular weight is 385 g/mol. The van der Waals surface area contributed by atoms with E-state index in [1.807, 2.05) is 0 Å². The summed E-state index contributed by atoms with van der Waals surface area (Å²) in [5.74, 6) is 0. The van der Waals surface area contributed by atoms with Crippen LogP contribution in [-0.2, 0) is 0 Å². The number of rotatable bonds is 0. The van der Waals surface area contributed by atoms with E-state index >= 15 is 0 Å². The van der Waals surface area contributed by atoms with Gasteiger partial charge in [0.25, 0.3) is 0 Å². The summed E-state index contributed by atoms with van der Waals surface area (Å²) in [6.07, 6.45) is 0. The van der Waals surface area contributed by atoms with E-state index in [2.05, 4.69) is 0 Å². The molecule has 26 valence electrons. The van der Waals surface area contributed by atoms with Crippen molar-refractivity contribution in [3.05, 3.63) is 0 Å². The van der Waals surface area contributed by atoms with Crippen LogP contribution in [-0.4, -0.2) is 87.1 Å². The Hall–Kier alpha value is 2.41. The molecule has 0 fully saturated rings. The quantitative estimate of drug-likeness (QED) is 0.390. The van der Waals surface area contributed by atoms with E-state index in [0.717, 1.165) is 0 Å². The Bertz CT molecular complexity index is 6.00. The van der Waals surface area contributed by atoms with Crippen LogP contribution >= 0.6 is 0 Å². The van der Waals surface area contributed by atoms with Crippen LogP contribution in [0.3, 0.4) is 0 Å². The van der Waals surface area contributed by atoms with Crippen LogP contribution in [0.25, 0.3) is 0 Å². The van der Waals surface area contributed by atoms with Gasteiger partial charge in [0.15, 0.2) is 0 Å². The van der Waals surface area contributed by atoms with Crippen molar-refractivity contribution < 1.29 is 11.0 Å². The second-order valence-corrected chi connectivity index (χ2v) is 0. The average Bonchev–Trinajstić information content (AvgIpc) is 0. The summed E-state index contributed by atoms with van der Waals surface area (Å²) in [5, 5.41) is 0. The second kappa shape index (κ2) is 18.1. The molecule has 0 heterocycles. The summed E-state index contributed by atoms with van der Waals surface area (Å²) in [4.78, 5) is 0. The van der Waals surface area contributed by atoms with Crippen LogP contribution in [0, 0.1) is 0 Å². The first-order valence-electron chi connectivity index (χ1n) is 0. The maximum absolute atomic E-state index is 0. The molecule has 4 N–H and O–H groups in total. The Kier molecular flexibility index (Phi) is 146. The Morgan fingerprint density at radius 2 is 0.750 bits per heavy atom. The predicted octanol–water partition coefficient (Wildman–Crippen LogP) is -3.48. The van der Waals surface area contributed by atoms with E-state index in [0.29, 0.717) is 0 Å². The molecule has 0 aliphatic heterocycles. The molecule has 0 rings (SSSR count). The molecule has 0 spiro atoms. The molecule has 0 saturated carbocycles. The van der Waals surface area contributed by atoms with Crippen LogP contribution in [0.15, 0.2) is 0 Å². The van der Waals surface area contributed by atoms with Crippen LogP contribution in [0.4, 0.5) is 0 Å². The Morgan fingerprint density at radius 3 is 0.750 bits per heavy atom. The summed E-state index contributed by atoms with van der Waals surface area (Å²) in [5.41, 5.74) is 0. The first-order valence-corrected chi connectivity index (χ1v) is 0. The van der Waals surface area contributed by atoms with Crippen molar-refractivity contribution in [1.29, 1.82) is 0 Å². The zero-order valence-corrected chi connectivity index (χ0v) is 7.20. The fourth-order valence-electron chi connectivity index (χ4n) is 0. The van der Waals surface area contributed by atoms with Crippen molar-refractivity contribution in [3.63, 3.8) is 0 Å². The fraction of sp³-hybridized carbons (Fsp3) is 0. The summed E-state index contributed by atoms with van der Waals surface area (Å²) >= 11 is 0. The molecule has 4 heteroatoms. The molecule has 0 aliphatic rings. The van der Waals surface area contributed by atoms with Crippen LogP contribution in [0.5, 0.6) is 0 Å². The minimum absolute atomic E-state index is 0. The molecular formula is H8BaO2Pb. The van der Waals surface area contributed by atoms with E-state index in [4.69, 9.17) is 0 Å². The summed E-state index contributed by atoms with van der Waals surface area (Å²) in [7, 11) is 0. The standard InChI is InChI=1S/Ba.2H2O.Pb.4H/h;2*1H2;;;;;. The SMILES string of the molecule is O.O.[BaH2].[PbH2]. The van der Waals surface area contributed by atoms with Crippen LogP contribution in [0.1, 0.15) is 0 Å². The van der Waals surface area contributed by atoms with Crippen molar-refractivity contribution in [3.8, 4) is 0 Å². The zero-order chi connectivity index (χ0) is 0. The van der Waals surface area contributed by atoms with Gasteiger partial charge in [0.1, 0.15) is 0 Å². The molecule has 0 saturated heterocycles. The van der Waals surface area contributed by atoms with Gasteiger partial charge in [-0.15, -0.1) is 0 Å². The van der Waals surface area contributed by atoms with Crippen LogP contribution < -0.4 is 0 Å². The second-order valence-electron chi connectivity index (χ2n) is 0. The predicted molar refractivity (Wildman–Crippen MR) is 24.3 cm³/mol. The van der Waals surface area contributed by atoms with Gasteiger partial charge in [-0.1, -0.05) is 0 Å². The zero-order valence-electron chi connectivity index (χ0n) is 1.71. The molecule has 0 aromatic heterocycles. The third kappa shape index (κ3) is 8.83. The first-order chi connectivity index (χ1) is 0. The fourth-order valence-corrected chi connectivity index (χ4v) is 0. The van der Waals surface area contributed by atoms with Gasteiger partial charge in [0.05, 0.1) is 0 Å². The van der Waals surface area contributed by atoms with E-state index in [-0.39, 0.29) is 87.1 Å². The van der Waals surface area contributed by atoms with Gasteiger partial charge in [-0.3, -0.25) is 0 Å². The maximum atomic E-state index is 0. The molecule has 2 nitrogen and oxygen atoms in total. The molecule has 2 radical (unpaired) electrons. The molecule has 0 bridgehead atoms. The normalized spacial score (nSPS) is 0. The van der Waals surface area contributed by atoms with E-state index in [1.54, 1.807) is 0 Å². The van der Waals surface area contributed by atoms with Crippen molar-refractivity contribution >= 4 is 76.2 Å². The van der Waals surface area contributed by atoms with Gasteiger partial charge in [-0.25, -0.2) is 0 Å². The van der Waals surface area contributed by atoms with E-state index in [1.165, 1.54) is 0 Å². The Labute approximate surface area is 85.2 Å². The van der Waals surface area contributed by atoms with Gasteiger partial charge >= 0.3 is 76.2 Å². The third-order valence-corrected chi connectivity index (χ3v) is 0. The van der Waals surface area contributed by atoms with Crippen molar-refractivity contribution in [2.45, 2.75) is 0 Å². The van der Waals surface area contributed by atoms with Crippen molar-refractivity contribution in [1.82, 2.24) is 0 Å². The van der Waals surface area contributed by atoms with E-state index in [9.17, 15) is 0 Å². The molecule has 0 aliphatic carbocycles. The van der Waals surface area contributed by atoms with E-state index < -0.39 is 0 Å². The third-order valence-electron chi connectivity index (χ3n) is 0. The minimum atomic E-state index is 0. The molecule has 0 aromatic carbocycles. The number of hydrogen-bond donors (Lipinski definition) is 0. The molecule has 4 heavy (non-hydrogen) atoms. The van der Waals surface area contributed by atoms with Crippen molar-refractivity contribution in [2.24, 2.45) is 0 Å². The summed E-state index contributed by atoms with van der Waals surface area (Å²) < 4.78 is 0. The summed E-state index contributed by atoms with van der Waals surface area (Å²) in [6.45, 7) is 0. The molecule has 0 atom stereocenters. The van der Waals surface area contributed by atoms with Gasteiger partial charge in [-0.05, 0) is 0 Å². The van der Waals surface area contributed by atoms with Gasteiger partial charge in [0.2, 0.25) is 0 Å². The molecular weight excluding hydrogens is 377 g/mol. The van der Waals surface area contributed by atoms with Crippen LogP contribution in [0.2, 0.25) is 0 Å². The summed E-state index contributed by atoms with van der Waals surface area (Å²) in [6, 6.07) is 0. The Balaban J connectivity index is 0.